The topological polar surface area (TPSA) is 113 Å². The van der Waals surface area contributed by atoms with Crippen LogP contribution in [0.2, 0.25) is 0 Å². The number of alkyl halides is 1. The summed E-state index contributed by atoms with van der Waals surface area (Å²) in [5.74, 6) is 1.03. The molecule has 4 aliphatic rings. The van der Waals surface area contributed by atoms with Gasteiger partial charge >= 0.3 is 13.8 Å². The lowest BCUT2D eigenvalue weighted by molar-refractivity contribution is 0.107. The van der Waals surface area contributed by atoms with Gasteiger partial charge in [-0.2, -0.15) is 14.6 Å². The van der Waals surface area contributed by atoms with E-state index in [0.717, 1.165) is 32.2 Å². The van der Waals surface area contributed by atoms with Crippen LogP contribution in [0.15, 0.2) is 30.5 Å². The standard InChI is InChI=1S/C35H36F3N6O5P/c1-4-25-28(37)9-6-20-12-24(45)13-26(29(20)25)31-30(38)32-27(15-39-31)33(42-17-22-7-8-23(18-42)44(22)50(46,47-2)48-3)41-34(40-32)49-19-35-10-5-11-43(35)16-21(36)14-35/h1,6,9,12-13,15,21-23,45H,5,7-8,10-11,14,16-19H2,2-3H3/t21-,22?,23?,35+/m1/s1. The zero-order chi connectivity index (χ0) is 34.9. The number of halogens is 3. The molecule has 4 atom stereocenters. The predicted molar refractivity (Wildman–Crippen MR) is 181 cm³/mol. The summed E-state index contributed by atoms with van der Waals surface area (Å²) < 4.78 is 78.7. The molecule has 6 heterocycles. The van der Waals surface area contributed by atoms with E-state index in [0.29, 0.717) is 42.6 Å². The molecule has 2 unspecified atom stereocenters. The number of anilines is 1. The Labute approximate surface area is 286 Å². The number of hydrogen-bond donors (Lipinski definition) is 1. The molecule has 2 aromatic heterocycles. The van der Waals surface area contributed by atoms with Crippen LogP contribution in [-0.2, 0) is 13.6 Å². The number of aromatic hydroxyl groups is 1. The number of hydrogen-bond acceptors (Lipinski definition) is 10. The van der Waals surface area contributed by atoms with Gasteiger partial charge in [-0.3, -0.25) is 18.9 Å². The number of nitrogens with zero attached hydrogens (tertiary/aromatic N) is 6. The van der Waals surface area contributed by atoms with Gasteiger partial charge in [-0.05, 0) is 55.8 Å². The number of fused-ring (bicyclic) bond motifs is 5. The number of phenols is 1. The van der Waals surface area contributed by atoms with Gasteiger partial charge in [-0.25, -0.2) is 17.7 Å². The Balaban J connectivity index is 1.26. The molecule has 4 aliphatic heterocycles. The third-order valence-electron chi connectivity index (χ3n) is 10.8. The van der Waals surface area contributed by atoms with Gasteiger partial charge in [0, 0.05) is 69.5 Å². The van der Waals surface area contributed by atoms with E-state index in [1.165, 1.54) is 44.7 Å². The number of benzene rings is 2. The van der Waals surface area contributed by atoms with Crippen LogP contribution in [-0.4, -0.2) is 100 Å². The highest BCUT2D eigenvalue weighted by Gasteiger charge is 2.51. The fourth-order valence-electron chi connectivity index (χ4n) is 8.63. The molecule has 1 N–H and O–H groups in total. The average molecular weight is 709 g/mol. The summed E-state index contributed by atoms with van der Waals surface area (Å²) in [7, 11) is -0.800. The second kappa shape index (κ2) is 12.4. The van der Waals surface area contributed by atoms with Gasteiger partial charge in [0.15, 0.2) is 5.82 Å². The van der Waals surface area contributed by atoms with Gasteiger partial charge in [0.25, 0.3) is 0 Å². The van der Waals surface area contributed by atoms with Crippen molar-refractivity contribution < 1.29 is 36.6 Å². The third kappa shape index (κ3) is 5.21. The number of terminal acetylenes is 1. The molecular weight excluding hydrogens is 672 g/mol. The Morgan fingerprint density at radius 1 is 1.12 bits per heavy atom. The highest BCUT2D eigenvalue weighted by Crippen LogP contribution is 2.57. The number of aromatic nitrogens is 3. The van der Waals surface area contributed by atoms with Crippen molar-refractivity contribution in [3.63, 3.8) is 0 Å². The van der Waals surface area contributed by atoms with Crippen LogP contribution in [0.25, 0.3) is 32.9 Å². The molecule has 4 saturated heterocycles. The van der Waals surface area contributed by atoms with E-state index in [2.05, 4.69) is 20.8 Å². The van der Waals surface area contributed by atoms with Crippen molar-refractivity contribution in [3.8, 4) is 35.4 Å². The van der Waals surface area contributed by atoms with E-state index in [1.807, 2.05) is 4.90 Å². The zero-order valence-corrected chi connectivity index (χ0v) is 28.5. The van der Waals surface area contributed by atoms with Gasteiger partial charge in [-0.15, -0.1) is 6.42 Å². The van der Waals surface area contributed by atoms with Crippen molar-refractivity contribution in [2.75, 3.05) is 51.9 Å². The fraction of sp³-hybridized carbons (Fsp3) is 0.457. The van der Waals surface area contributed by atoms with E-state index in [9.17, 15) is 18.5 Å². The average Bonchev–Trinajstić information content (AvgIpc) is 3.73. The lowest BCUT2D eigenvalue weighted by Gasteiger charge is -2.43. The maximum atomic E-state index is 17.0. The summed E-state index contributed by atoms with van der Waals surface area (Å²) in [6.45, 7) is 2.00. The molecule has 15 heteroatoms. The monoisotopic (exact) mass is 708 g/mol. The second-order valence-corrected chi connectivity index (χ2v) is 15.7. The molecule has 0 amide bonds. The van der Waals surface area contributed by atoms with Crippen molar-refractivity contribution >= 4 is 35.2 Å². The molecule has 50 heavy (non-hydrogen) atoms. The minimum Gasteiger partial charge on any atom is -0.508 e. The van der Waals surface area contributed by atoms with Crippen LogP contribution >= 0.6 is 7.75 Å². The Morgan fingerprint density at radius 2 is 1.88 bits per heavy atom. The van der Waals surface area contributed by atoms with Crippen molar-refractivity contribution in [1.82, 2.24) is 24.5 Å². The summed E-state index contributed by atoms with van der Waals surface area (Å²) in [5.41, 5.74) is -0.792. The first kappa shape index (κ1) is 33.2. The number of phenolic OH excluding ortho intramolecular Hbond substituents is 1. The van der Waals surface area contributed by atoms with Crippen LogP contribution < -0.4 is 9.64 Å². The smallest absolute Gasteiger partial charge is 0.408 e. The quantitative estimate of drug-likeness (QED) is 0.177. The molecular formula is C35H36F3N6O5P. The van der Waals surface area contributed by atoms with Crippen molar-refractivity contribution in [2.24, 2.45) is 0 Å². The van der Waals surface area contributed by atoms with Crippen molar-refractivity contribution in [3.05, 3.63) is 47.7 Å². The molecule has 4 aromatic rings. The largest absolute Gasteiger partial charge is 0.508 e. The Morgan fingerprint density at radius 3 is 2.60 bits per heavy atom. The molecule has 2 aromatic carbocycles. The highest BCUT2D eigenvalue weighted by atomic mass is 31.2. The third-order valence-corrected chi connectivity index (χ3v) is 13.0. The van der Waals surface area contributed by atoms with Gasteiger partial charge in [-0.1, -0.05) is 12.0 Å². The van der Waals surface area contributed by atoms with Crippen LogP contribution in [0.4, 0.5) is 19.0 Å². The Kier molecular flexibility index (Phi) is 8.19. The molecule has 262 valence electrons. The maximum Gasteiger partial charge on any atom is 0.408 e. The van der Waals surface area contributed by atoms with Crippen LogP contribution in [0.1, 0.15) is 37.7 Å². The van der Waals surface area contributed by atoms with Gasteiger partial charge < -0.3 is 14.7 Å². The first-order valence-corrected chi connectivity index (χ1v) is 18.1. The predicted octanol–water partition coefficient (Wildman–Crippen LogP) is 5.82. The van der Waals surface area contributed by atoms with E-state index in [1.54, 1.807) is 4.67 Å². The first-order chi connectivity index (χ1) is 24.1. The fourth-order valence-corrected chi connectivity index (χ4v) is 10.3. The summed E-state index contributed by atoms with van der Waals surface area (Å²) >= 11 is 0. The van der Waals surface area contributed by atoms with Crippen LogP contribution in [0.5, 0.6) is 11.8 Å². The van der Waals surface area contributed by atoms with Gasteiger partial charge in [0.05, 0.1) is 16.5 Å². The molecule has 11 nitrogen and oxygen atoms in total. The van der Waals surface area contributed by atoms with Gasteiger partial charge in [0.1, 0.15) is 41.4 Å². The van der Waals surface area contributed by atoms with Crippen molar-refractivity contribution in [2.45, 2.75) is 55.9 Å². The molecule has 2 bridgehead atoms. The number of piperazine rings is 1. The maximum absolute atomic E-state index is 17.0. The summed E-state index contributed by atoms with van der Waals surface area (Å²) in [5, 5.41) is 11.5. The SMILES string of the molecule is C#Cc1c(F)ccc2cc(O)cc(-c3ncc4c(N5CC6CCC(C5)N6P(=O)(OC)OC)nc(OC[C@@]56CCCN5C[C@H](F)C6)nc4c3F)c12. The van der Waals surface area contributed by atoms with Crippen LogP contribution in [0, 0.1) is 24.0 Å². The van der Waals surface area contributed by atoms with E-state index in [4.69, 9.17) is 25.2 Å². The molecule has 0 saturated carbocycles. The van der Waals surface area contributed by atoms with Crippen molar-refractivity contribution in [1.29, 1.82) is 0 Å². The first-order valence-electron chi connectivity index (χ1n) is 16.6. The van der Waals surface area contributed by atoms with E-state index < -0.39 is 31.1 Å². The summed E-state index contributed by atoms with van der Waals surface area (Å²) in [4.78, 5) is 17.9. The summed E-state index contributed by atoms with van der Waals surface area (Å²) in [6, 6.07) is 4.87. The molecule has 0 aliphatic carbocycles. The molecule has 8 rings (SSSR count). The number of rotatable bonds is 8. The highest BCUT2D eigenvalue weighted by molar-refractivity contribution is 7.51. The second-order valence-electron chi connectivity index (χ2n) is 13.5. The van der Waals surface area contributed by atoms with Gasteiger partial charge in [0.2, 0.25) is 0 Å². The lowest BCUT2D eigenvalue weighted by atomic mass is 9.95. The number of ether oxygens (including phenoxy) is 1. The lowest BCUT2D eigenvalue weighted by Crippen LogP contribution is -2.52. The Bertz CT molecular complexity index is 2100. The zero-order valence-electron chi connectivity index (χ0n) is 27.6. The molecule has 0 spiro atoms. The molecule has 0 radical (unpaired) electrons. The van der Waals surface area contributed by atoms with E-state index in [-0.39, 0.29) is 58.2 Å². The Hall–Kier alpha value is -3.99. The summed E-state index contributed by atoms with van der Waals surface area (Å²) in [6.07, 6.45) is 9.67. The normalized spacial score (nSPS) is 25.4. The number of pyridine rings is 1. The van der Waals surface area contributed by atoms with E-state index >= 15 is 4.39 Å². The minimum atomic E-state index is -3.52. The minimum absolute atomic E-state index is 0.0857. The van der Waals surface area contributed by atoms with Crippen LogP contribution in [0.3, 0.4) is 0 Å². The molecule has 4 fully saturated rings.